The molecule has 3 aromatic heterocycles. The van der Waals surface area contributed by atoms with Gasteiger partial charge in [-0.2, -0.15) is 0 Å². The van der Waals surface area contributed by atoms with Gasteiger partial charge in [0.25, 0.3) is 5.91 Å². The highest BCUT2D eigenvalue weighted by Gasteiger charge is 2.26. The zero-order chi connectivity index (χ0) is 22.1. The molecule has 1 fully saturated rings. The van der Waals surface area contributed by atoms with Crippen molar-refractivity contribution >= 4 is 38.2 Å². The molecule has 1 amide bonds. The van der Waals surface area contributed by atoms with Crippen molar-refractivity contribution in [1.82, 2.24) is 19.3 Å². The van der Waals surface area contributed by atoms with Crippen LogP contribution in [0.3, 0.4) is 0 Å². The van der Waals surface area contributed by atoms with Crippen molar-refractivity contribution in [3.05, 3.63) is 59.8 Å². The Hall–Kier alpha value is -2.88. The minimum absolute atomic E-state index is 0.178. The van der Waals surface area contributed by atoms with Gasteiger partial charge in [0.1, 0.15) is 22.7 Å². The molecular formula is C23H24FN5O2S. The first-order chi connectivity index (χ1) is 15.6. The van der Waals surface area contributed by atoms with Gasteiger partial charge in [0.2, 0.25) is 0 Å². The van der Waals surface area contributed by atoms with Gasteiger partial charge in [-0.05, 0) is 37.6 Å². The fraction of sp³-hybridized carbons (Fsp3) is 0.348. The van der Waals surface area contributed by atoms with Gasteiger partial charge in [0, 0.05) is 32.4 Å². The van der Waals surface area contributed by atoms with E-state index >= 15 is 0 Å². The average molecular weight is 454 g/mol. The number of rotatable bonds is 6. The Morgan fingerprint density at radius 1 is 1.19 bits per heavy atom. The summed E-state index contributed by atoms with van der Waals surface area (Å²) in [6.07, 6.45) is 2.62. The Morgan fingerprint density at radius 3 is 2.84 bits per heavy atom. The number of ether oxygens (including phenoxy) is 1. The summed E-state index contributed by atoms with van der Waals surface area (Å²) in [5, 5.41) is 0.502. The van der Waals surface area contributed by atoms with Crippen molar-refractivity contribution in [3.63, 3.8) is 0 Å². The van der Waals surface area contributed by atoms with Gasteiger partial charge in [0.05, 0.1) is 23.6 Å². The van der Waals surface area contributed by atoms with Crippen LogP contribution in [0.25, 0.3) is 15.9 Å². The number of pyridine rings is 1. The Balaban J connectivity index is 1.48. The average Bonchev–Trinajstić information content (AvgIpc) is 3.38. The molecule has 1 aromatic carbocycles. The van der Waals surface area contributed by atoms with Gasteiger partial charge >= 0.3 is 0 Å². The molecule has 1 aliphatic rings. The maximum absolute atomic E-state index is 14.3. The molecule has 0 spiro atoms. The zero-order valence-corrected chi connectivity index (χ0v) is 18.6. The van der Waals surface area contributed by atoms with Gasteiger partial charge in [-0.25, -0.2) is 14.4 Å². The van der Waals surface area contributed by atoms with E-state index in [1.807, 2.05) is 37.4 Å². The highest BCUT2D eigenvalue weighted by atomic mass is 32.1. The molecule has 32 heavy (non-hydrogen) atoms. The summed E-state index contributed by atoms with van der Waals surface area (Å²) in [6.45, 7) is 6.45. The van der Waals surface area contributed by atoms with E-state index in [0.717, 1.165) is 49.6 Å². The molecule has 166 valence electrons. The van der Waals surface area contributed by atoms with Crippen molar-refractivity contribution in [2.45, 2.75) is 13.3 Å². The number of anilines is 1. The minimum atomic E-state index is -0.378. The topological polar surface area (TPSA) is 63.0 Å². The summed E-state index contributed by atoms with van der Waals surface area (Å²) in [7, 11) is 0. The van der Waals surface area contributed by atoms with Crippen LogP contribution in [0, 0.1) is 12.7 Å². The van der Waals surface area contributed by atoms with Gasteiger partial charge in [0.15, 0.2) is 5.13 Å². The number of imidazole rings is 1. The fourth-order valence-electron chi connectivity index (χ4n) is 4.08. The SMILES string of the molecule is Cc1nc2ccccn2c1C(=O)N(CCCN1CCOCC1)c1nc2c(F)cccc2s1. The maximum Gasteiger partial charge on any atom is 0.278 e. The van der Waals surface area contributed by atoms with Crippen LogP contribution >= 0.6 is 11.3 Å². The quantitative estimate of drug-likeness (QED) is 0.445. The summed E-state index contributed by atoms with van der Waals surface area (Å²) >= 11 is 1.33. The van der Waals surface area contributed by atoms with E-state index in [4.69, 9.17) is 4.74 Å². The summed E-state index contributed by atoms with van der Waals surface area (Å²) < 4.78 is 22.3. The number of carbonyl (C=O) groups is 1. The highest BCUT2D eigenvalue weighted by Crippen LogP contribution is 2.31. The first kappa shape index (κ1) is 21.0. The van der Waals surface area contributed by atoms with Crippen molar-refractivity contribution in [1.29, 1.82) is 0 Å². The number of fused-ring (bicyclic) bond motifs is 2. The number of amides is 1. The monoisotopic (exact) mass is 453 g/mol. The largest absolute Gasteiger partial charge is 0.379 e. The van der Waals surface area contributed by atoms with E-state index in [9.17, 15) is 9.18 Å². The van der Waals surface area contributed by atoms with E-state index < -0.39 is 0 Å². The normalized spacial score (nSPS) is 14.9. The maximum atomic E-state index is 14.3. The standard InChI is InChI=1S/C23H24FN5O2S/c1-16-21(28-10-3-2-8-19(28)25-16)22(30)29(11-5-9-27-12-14-31-15-13-27)23-26-20-17(24)6-4-7-18(20)32-23/h2-4,6-8,10H,5,9,11-15H2,1H3. The first-order valence-electron chi connectivity index (χ1n) is 10.7. The molecule has 1 saturated heterocycles. The van der Waals surface area contributed by atoms with Crippen LogP contribution in [0.2, 0.25) is 0 Å². The molecule has 0 unspecified atom stereocenters. The minimum Gasteiger partial charge on any atom is -0.379 e. The van der Waals surface area contributed by atoms with Crippen LogP contribution in [-0.2, 0) is 4.74 Å². The smallest absolute Gasteiger partial charge is 0.278 e. The molecule has 9 heteroatoms. The van der Waals surface area contributed by atoms with Gasteiger partial charge in [-0.3, -0.25) is 19.0 Å². The predicted octanol–water partition coefficient (Wildman–Crippen LogP) is 3.76. The van der Waals surface area contributed by atoms with Crippen molar-refractivity contribution in [2.24, 2.45) is 0 Å². The summed E-state index contributed by atoms with van der Waals surface area (Å²) in [6, 6.07) is 10.5. The Kier molecular flexibility index (Phi) is 5.86. The Bertz CT molecular complexity index is 1260. The van der Waals surface area contributed by atoms with Crippen molar-refractivity contribution in [3.8, 4) is 0 Å². The number of nitrogens with zero attached hydrogens (tertiary/aromatic N) is 5. The van der Waals surface area contributed by atoms with E-state index in [1.165, 1.54) is 17.4 Å². The molecule has 0 radical (unpaired) electrons. The lowest BCUT2D eigenvalue weighted by Gasteiger charge is -2.27. The molecule has 0 bridgehead atoms. The van der Waals surface area contributed by atoms with Gasteiger partial charge < -0.3 is 4.74 Å². The zero-order valence-electron chi connectivity index (χ0n) is 17.8. The molecule has 0 saturated carbocycles. The third kappa shape index (κ3) is 3.99. The Labute approximate surface area is 189 Å². The number of aromatic nitrogens is 3. The molecule has 4 aromatic rings. The molecule has 7 nitrogen and oxygen atoms in total. The third-order valence-electron chi connectivity index (χ3n) is 5.70. The molecule has 0 atom stereocenters. The second-order valence-corrected chi connectivity index (χ2v) is 8.83. The lowest BCUT2D eigenvalue weighted by molar-refractivity contribution is 0.0376. The van der Waals surface area contributed by atoms with Gasteiger partial charge in [-0.15, -0.1) is 0 Å². The van der Waals surface area contributed by atoms with E-state index in [2.05, 4.69) is 14.9 Å². The second kappa shape index (κ2) is 8.93. The highest BCUT2D eigenvalue weighted by molar-refractivity contribution is 7.22. The van der Waals surface area contributed by atoms with Crippen LogP contribution in [0.15, 0.2) is 42.6 Å². The third-order valence-corrected chi connectivity index (χ3v) is 6.74. The lowest BCUT2D eigenvalue weighted by atomic mass is 10.2. The summed E-state index contributed by atoms with van der Waals surface area (Å²) in [5.41, 5.74) is 2.18. The predicted molar refractivity (Wildman–Crippen MR) is 123 cm³/mol. The number of para-hydroxylation sites is 1. The van der Waals surface area contributed by atoms with Crippen LogP contribution in [0.1, 0.15) is 22.6 Å². The summed E-state index contributed by atoms with van der Waals surface area (Å²) in [5.74, 6) is -0.556. The number of carbonyl (C=O) groups excluding carboxylic acids is 1. The van der Waals surface area contributed by atoms with E-state index in [0.29, 0.717) is 28.6 Å². The number of aryl methyl sites for hydroxylation is 1. The fourth-order valence-corrected chi connectivity index (χ4v) is 5.08. The number of thiazole rings is 1. The molecule has 0 aliphatic carbocycles. The molecule has 0 N–H and O–H groups in total. The summed E-state index contributed by atoms with van der Waals surface area (Å²) in [4.78, 5) is 26.8. The lowest BCUT2D eigenvalue weighted by Crippen LogP contribution is -2.39. The van der Waals surface area contributed by atoms with Crippen LogP contribution in [-0.4, -0.2) is 64.6 Å². The van der Waals surface area contributed by atoms with Crippen LogP contribution in [0.4, 0.5) is 9.52 Å². The van der Waals surface area contributed by atoms with E-state index in [-0.39, 0.29) is 11.7 Å². The molecule has 5 rings (SSSR count). The van der Waals surface area contributed by atoms with Crippen LogP contribution < -0.4 is 4.90 Å². The van der Waals surface area contributed by atoms with Crippen LogP contribution in [0.5, 0.6) is 0 Å². The van der Waals surface area contributed by atoms with Crippen molar-refractivity contribution < 1.29 is 13.9 Å². The number of hydrogen-bond donors (Lipinski definition) is 0. The second-order valence-electron chi connectivity index (χ2n) is 7.82. The molecule has 1 aliphatic heterocycles. The first-order valence-corrected chi connectivity index (χ1v) is 11.5. The number of morpholine rings is 1. The number of hydrogen-bond acceptors (Lipinski definition) is 6. The number of benzene rings is 1. The van der Waals surface area contributed by atoms with Gasteiger partial charge in [-0.1, -0.05) is 23.5 Å². The number of halogens is 1. The Morgan fingerprint density at radius 2 is 2.03 bits per heavy atom. The van der Waals surface area contributed by atoms with Crippen molar-refractivity contribution in [2.75, 3.05) is 44.3 Å². The van der Waals surface area contributed by atoms with E-state index in [1.54, 1.807) is 15.4 Å². The molecule has 4 heterocycles. The molecular weight excluding hydrogens is 429 g/mol.